The molecule has 1 aliphatic rings. The number of hydrogen-bond acceptors (Lipinski definition) is 8. The molecule has 0 bridgehead atoms. The highest BCUT2D eigenvalue weighted by Crippen LogP contribution is 2.43. The first kappa shape index (κ1) is 17.8. The molecule has 0 fully saturated rings. The van der Waals surface area contributed by atoms with E-state index in [1.165, 1.54) is 6.92 Å². The van der Waals surface area contributed by atoms with Gasteiger partial charge in [-0.1, -0.05) is 0 Å². The number of nitrogens with two attached hydrogens (primary N) is 1. The molecule has 130 valence electrons. The molecule has 1 aromatic carbocycles. The van der Waals surface area contributed by atoms with E-state index in [9.17, 15) is 25.3 Å². The third kappa shape index (κ3) is 3.23. The van der Waals surface area contributed by atoms with Crippen LogP contribution in [0.3, 0.4) is 0 Å². The number of hydrogen-bond donors (Lipinski definition) is 2. The number of ether oxygens (including phenoxy) is 2. The normalized spacial score (nSPS) is 16.9. The minimum absolute atomic E-state index is 0.0144. The predicted octanol–water partition coefficient (Wildman–Crippen LogP) is 1.95. The van der Waals surface area contributed by atoms with Gasteiger partial charge in [-0.25, -0.2) is 4.79 Å². The Bertz CT molecular complexity index is 850. The summed E-state index contributed by atoms with van der Waals surface area (Å²) in [7, 11) is 0. The van der Waals surface area contributed by atoms with Crippen LogP contribution in [0.1, 0.15) is 25.3 Å². The van der Waals surface area contributed by atoms with Gasteiger partial charge in [0.2, 0.25) is 5.88 Å². The number of nitrogens with zero attached hydrogens (tertiary/aromatic N) is 2. The second kappa shape index (κ2) is 6.92. The Morgan fingerprint density at radius 3 is 2.80 bits per heavy atom. The molecule has 1 heterocycles. The highest BCUT2D eigenvalue weighted by Gasteiger charge is 2.38. The second-order valence-corrected chi connectivity index (χ2v) is 5.12. The smallest absolute Gasteiger partial charge is 0.338 e. The molecular weight excluding hydrogens is 330 g/mol. The molecule has 1 atom stereocenters. The fourth-order valence-electron chi connectivity index (χ4n) is 2.55. The average Bonchev–Trinajstić information content (AvgIpc) is 2.54. The Labute approximate surface area is 142 Å². The minimum atomic E-state index is -1.14. The molecule has 9 heteroatoms. The highest BCUT2D eigenvalue weighted by molar-refractivity contribution is 5.92. The van der Waals surface area contributed by atoms with Crippen LogP contribution in [0.4, 0.5) is 5.69 Å². The maximum atomic E-state index is 12.3. The fraction of sp³-hybridized carbons (Fsp3) is 0.250. The number of phenols is 1. The molecule has 0 aliphatic carbocycles. The van der Waals surface area contributed by atoms with Crippen molar-refractivity contribution in [2.24, 2.45) is 5.73 Å². The van der Waals surface area contributed by atoms with E-state index < -0.39 is 16.8 Å². The minimum Gasteiger partial charge on any atom is -0.508 e. The summed E-state index contributed by atoms with van der Waals surface area (Å²) in [6.07, 6.45) is 0. The van der Waals surface area contributed by atoms with E-state index in [1.54, 1.807) is 6.92 Å². The van der Waals surface area contributed by atoms with Gasteiger partial charge in [-0.2, -0.15) is 5.26 Å². The van der Waals surface area contributed by atoms with Crippen molar-refractivity contribution < 1.29 is 24.3 Å². The Kier molecular flexibility index (Phi) is 4.93. The van der Waals surface area contributed by atoms with Gasteiger partial charge in [0.05, 0.1) is 23.0 Å². The third-order valence-corrected chi connectivity index (χ3v) is 3.63. The molecule has 0 amide bonds. The number of aromatic hydroxyl groups is 1. The van der Waals surface area contributed by atoms with Crippen molar-refractivity contribution in [2.45, 2.75) is 19.8 Å². The molecule has 25 heavy (non-hydrogen) atoms. The number of carbonyl (C=O) groups excluding carboxylic acids is 1. The summed E-state index contributed by atoms with van der Waals surface area (Å²) in [5.74, 6) is -2.39. The molecule has 1 aliphatic heterocycles. The van der Waals surface area contributed by atoms with Crippen LogP contribution in [0.15, 0.2) is 41.0 Å². The fourth-order valence-corrected chi connectivity index (χ4v) is 2.55. The topological polar surface area (TPSA) is 149 Å². The molecular formula is C16H15N3O6. The Balaban J connectivity index is 2.73. The van der Waals surface area contributed by atoms with Gasteiger partial charge in [0, 0.05) is 17.7 Å². The van der Waals surface area contributed by atoms with E-state index in [4.69, 9.17) is 15.2 Å². The first-order valence-electron chi connectivity index (χ1n) is 7.24. The van der Waals surface area contributed by atoms with Gasteiger partial charge in [0.1, 0.15) is 23.2 Å². The zero-order valence-corrected chi connectivity index (χ0v) is 13.5. The maximum absolute atomic E-state index is 12.3. The number of carbonyl (C=O) groups is 1. The lowest BCUT2D eigenvalue weighted by Crippen LogP contribution is -2.25. The molecule has 9 nitrogen and oxygen atoms in total. The first-order chi connectivity index (χ1) is 11.8. The van der Waals surface area contributed by atoms with Crippen molar-refractivity contribution in [3.05, 3.63) is 56.7 Å². The molecule has 0 radical (unpaired) electrons. The van der Waals surface area contributed by atoms with Crippen LogP contribution in [0.2, 0.25) is 0 Å². The lowest BCUT2D eigenvalue weighted by atomic mass is 9.82. The number of nitro benzene ring substituents is 1. The quantitative estimate of drug-likeness (QED) is 0.477. The van der Waals surface area contributed by atoms with Gasteiger partial charge in [0.15, 0.2) is 0 Å². The van der Waals surface area contributed by atoms with Crippen molar-refractivity contribution >= 4 is 11.7 Å². The van der Waals surface area contributed by atoms with E-state index >= 15 is 0 Å². The number of benzene rings is 1. The molecule has 0 saturated heterocycles. The third-order valence-electron chi connectivity index (χ3n) is 3.63. The van der Waals surface area contributed by atoms with Crippen molar-refractivity contribution in [3.8, 4) is 11.8 Å². The lowest BCUT2D eigenvalue weighted by molar-refractivity contribution is -0.384. The van der Waals surface area contributed by atoms with E-state index in [0.29, 0.717) is 0 Å². The van der Waals surface area contributed by atoms with Crippen LogP contribution in [0.5, 0.6) is 5.75 Å². The zero-order valence-electron chi connectivity index (χ0n) is 13.5. The number of non-ortho nitro benzene ring substituents is 1. The van der Waals surface area contributed by atoms with Crippen LogP contribution >= 0.6 is 0 Å². The number of phenolic OH excluding ortho intramolecular Hbond substituents is 1. The Morgan fingerprint density at radius 2 is 2.24 bits per heavy atom. The Hall–Kier alpha value is -3.54. The molecule has 1 aromatic rings. The Morgan fingerprint density at radius 1 is 1.56 bits per heavy atom. The number of esters is 1. The summed E-state index contributed by atoms with van der Waals surface area (Å²) in [6.45, 7) is 3.13. The molecule has 0 saturated carbocycles. The van der Waals surface area contributed by atoms with E-state index in [1.807, 2.05) is 6.07 Å². The second-order valence-electron chi connectivity index (χ2n) is 5.12. The monoisotopic (exact) mass is 345 g/mol. The highest BCUT2D eigenvalue weighted by atomic mass is 16.6. The van der Waals surface area contributed by atoms with Crippen LogP contribution in [-0.2, 0) is 14.3 Å². The van der Waals surface area contributed by atoms with Crippen molar-refractivity contribution in [1.82, 2.24) is 0 Å². The molecule has 0 spiro atoms. The van der Waals surface area contributed by atoms with Crippen molar-refractivity contribution in [3.63, 3.8) is 0 Å². The number of nitro groups is 1. The van der Waals surface area contributed by atoms with E-state index in [2.05, 4.69) is 0 Å². The summed E-state index contributed by atoms with van der Waals surface area (Å²) in [4.78, 5) is 22.7. The summed E-state index contributed by atoms with van der Waals surface area (Å²) in [6, 6.07) is 5.14. The van der Waals surface area contributed by atoms with Crippen molar-refractivity contribution in [1.29, 1.82) is 5.26 Å². The van der Waals surface area contributed by atoms with Crippen LogP contribution < -0.4 is 5.73 Å². The maximum Gasteiger partial charge on any atom is 0.338 e. The van der Waals surface area contributed by atoms with Gasteiger partial charge in [-0.3, -0.25) is 10.1 Å². The van der Waals surface area contributed by atoms with Gasteiger partial charge >= 0.3 is 5.97 Å². The zero-order chi connectivity index (χ0) is 18.7. The lowest BCUT2D eigenvalue weighted by Gasteiger charge is -2.27. The van der Waals surface area contributed by atoms with Crippen LogP contribution in [0, 0.1) is 21.4 Å². The van der Waals surface area contributed by atoms with Crippen molar-refractivity contribution in [2.75, 3.05) is 6.61 Å². The number of allylic oxidation sites excluding steroid dienone is 2. The van der Waals surface area contributed by atoms with Gasteiger partial charge in [-0.15, -0.1) is 0 Å². The summed E-state index contributed by atoms with van der Waals surface area (Å²) in [5.41, 5.74) is 5.20. The average molecular weight is 345 g/mol. The SMILES string of the molecule is CCOC(=O)C1=C(C)OC(N)=C(C#N)C1c1cc([N+](=O)[O-])ccc1O. The molecule has 2 rings (SSSR count). The number of rotatable bonds is 4. The summed E-state index contributed by atoms with van der Waals surface area (Å²) < 4.78 is 10.2. The van der Waals surface area contributed by atoms with Gasteiger partial charge in [-0.05, 0) is 19.9 Å². The van der Waals surface area contributed by atoms with E-state index in [-0.39, 0.29) is 46.4 Å². The van der Waals surface area contributed by atoms with Crippen LogP contribution in [0.25, 0.3) is 0 Å². The molecule has 1 unspecified atom stereocenters. The predicted molar refractivity (Wildman–Crippen MR) is 84.7 cm³/mol. The van der Waals surface area contributed by atoms with Crippen LogP contribution in [-0.4, -0.2) is 22.6 Å². The molecule has 0 aromatic heterocycles. The summed E-state index contributed by atoms with van der Waals surface area (Å²) >= 11 is 0. The number of nitriles is 1. The van der Waals surface area contributed by atoms with Gasteiger partial charge < -0.3 is 20.3 Å². The summed E-state index contributed by atoms with van der Waals surface area (Å²) in [5, 5.41) is 30.6. The van der Waals surface area contributed by atoms with Gasteiger partial charge in [0.25, 0.3) is 5.69 Å². The molecule has 3 N–H and O–H groups in total. The standard InChI is InChI=1S/C16H15N3O6/c1-3-24-16(21)13-8(2)25-15(18)11(7-17)14(13)10-6-9(19(22)23)4-5-12(10)20/h4-6,14,20H,3,18H2,1-2H3. The first-order valence-corrected chi connectivity index (χ1v) is 7.24. The largest absolute Gasteiger partial charge is 0.508 e. The van der Waals surface area contributed by atoms with E-state index in [0.717, 1.165) is 18.2 Å².